The zero-order valence-electron chi connectivity index (χ0n) is 14.0. The number of ether oxygens (including phenoxy) is 2. The van der Waals surface area contributed by atoms with Crippen molar-refractivity contribution in [3.05, 3.63) is 0 Å². The predicted molar refractivity (Wildman–Crippen MR) is 100 cm³/mol. The maximum atomic E-state index is 11.6. The van der Waals surface area contributed by atoms with E-state index in [0.717, 1.165) is 45.0 Å². The van der Waals surface area contributed by atoms with Crippen molar-refractivity contribution in [2.24, 2.45) is 4.99 Å². The molecule has 2 atom stereocenters. The number of hydrogen-bond donors (Lipinski definition) is 2. The van der Waals surface area contributed by atoms with Crippen molar-refractivity contribution < 1.29 is 14.3 Å². The van der Waals surface area contributed by atoms with E-state index < -0.39 is 0 Å². The fourth-order valence-electron chi connectivity index (χ4n) is 2.81. The van der Waals surface area contributed by atoms with Gasteiger partial charge in [0.1, 0.15) is 12.6 Å². The van der Waals surface area contributed by atoms with Crippen LogP contribution in [-0.2, 0) is 14.3 Å². The smallest absolute Gasteiger partial charge is 0.241 e. The van der Waals surface area contributed by atoms with E-state index in [9.17, 15) is 4.79 Å². The normalized spacial score (nSPS) is 25.0. The summed E-state index contributed by atoms with van der Waals surface area (Å²) in [6.07, 6.45) is 2.44. The van der Waals surface area contributed by atoms with Crippen LogP contribution in [0.2, 0.25) is 0 Å². The van der Waals surface area contributed by atoms with Crippen LogP contribution in [0.15, 0.2) is 4.99 Å². The highest BCUT2D eigenvalue weighted by Crippen LogP contribution is 2.20. The molecule has 2 saturated heterocycles. The molecule has 0 radical (unpaired) electrons. The van der Waals surface area contributed by atoms with Crippen LogP contribution in [0.1, 0.15) is 26.7 Å². The standard InChI is InChI=1S/C15H28N4O3.HI/c1-3-16-14(20)10-18-15(17-4-2)19-7-9-22-13(11-19)12-6-5-8-21-12;/h12-13H,3-11H2,1-2H3,(H,16,20)(H,17,18);1H. The molecule has 0 saturated carbocycles. The lowest BCUT2D eigenvalue weighted by atomic mass is 10.1. The lowest BCUT2D eigenvalue weighted by molar-refractivity contribution is -0.119. The van der Waals surface area contributed by atoms with Crippen LogP contribution < -0.4 is 10.6 Å². The van der Waals surface area contributed by atoms with Gasteiger partial charge in [-0.05, 0) is 26.7 Å². The van der Waals surface area contributed by atoms with Crippen LogP contribution in [0.5, 0.6) is 0 Å². The summed E-state index contributed by atoms with van der Waals surface area (Å²) in [7, 11) is 0. The summed E-state index contributed by atoms with van der Waals surface area (Å²) in [5.41, 5.74) is 0. The number of aliphatic imine (C=N–C) groups is 1. The molecule has 2 N–H and O–H groups in total. The van der Waals surface area contributed by atoms with Gasteiger partial charge in [0.25, 0.3) is 0 Å². The molecule has 0 aliphatic carbocycles. The highest BCUT2D eigenvalue weighted by atomic mass is 127. The van der Waals surface area contributed by atoms with Gasteiger partial charge in [-0.15, -0.1) is 24.0 Å². The Morgan fingerprint density at radius 1 is 1.17 bits per heavy atom. The van der Waals surface area contributed by atoms with E-state index in [0.29, 0.717) is 13.2 Å². The van der Waals surface area contributed by atoms with Gasteiger partial charge in [0.2, 0.25) is 5.91 Å². The number of guanidine groups is 1. The molecule has 0 bridgehead atoms. The molecule has 8 heteroatoms. The lowest BCUT2D eigenvalue weighted by Crippen LogP contribution is -2.53. The molecule has 2 aliphatic rings. The number of morpholine rings is 1. The summed E-state index contributed by atoms with van der Waals surface area (Å²) in [4.78, 5) is 18.2. The summed E-state index contributed by atoms with van der Waals surface area (Å²) in [5.74, 6) is 0.724. The Hall–Kier alpha value is -0.610. The lowest BCUT2D eigenvalue weighted by Gasteiger charge is -2.37. The van der Waals surface area contributed by atoms with Gasteiger partial charge in [-0.1, -0.05) is 0 Å². The third-order valence-electron chi connectivity index (χ3n) is 3.85. The number of halogens is 1. The van der Waals surface area contributed by atoms with Gasteiger partial charge in [0, 0.05) is 32.8 Å². The topological polar surface area (TPSA) is 75.2 Å². The molecule has 0 aromatic heterocycles. The highest BCUT2D eigenvalue weighted by molar-refractivity contribution is 14.0. The van der Waals surface area contributed by atoms with Crippen molar-refractivity contribution in [3.63, 3.8) is 0 Å². The maximum absolute atomic E-state index is 11.6. The van der Waals surface area contributed by atoms with Gasteiger partial charge < -0.3 is 25.0 Å². The molecule has 2 fully saturated rings. The Bertz CT molecular complexity index is 389. The molecule has 2 unspecified atom stereocenters. The minimum atomic E-state index is -0.0539. The molecule has 2 heterocycles. The quantitative estimate of drug-likeness (QED) is 0.372. The summed E-state index contributed by atoms with van der Waals surface area (Å²) >= 11 is 0. The SMILES string of the molecule is CCNC(=O)CN=C(NCC)N1CCOC(C2CCCO2)C1.I. The number of amides is 1. The minimum absolute atomic E-state index is 0. The average molecular weight is 440 g/mol. The molecular weight excluding hydrogens is 411 g/mol. The van der Waals surface area contributed by atoms with Crippen molar-refractivity contribution >= 4 is 35.8 Å². The fraction of sp³-hybridized carbons (Fsp3) is 0.867. The van der Waals surface area contributed by atoms with Crippen LogP contribution >= 0.6 is 24.0 Å². The number of rotatable bonds is 5. The van der Waals surface area contributed by atoms with E-state index in [1.165, 1.54) is 0 Å². The number of carbonyl (C=O) groups excluding carboxylic acids is 1. The zero-order chi connectivity index (χ0) is 15.8. The van der Waals surface area contributed by atoms with Gasteiger partial charge >= 0.3 is 0 Å². The first kappa shape index (κ1) is 20.4. The number of nitrogens with zero attached hydrogens (tertiary/aromatic N) is 2. The summed E-state index contributed by atoms with van der Waals surface area (Å²) in [5, 5.41) is 6.02. The van der Waals surface area contributed by atoms with Gasteiger partial charge in [-0.3, -0.25) is 4.79 Å². The second kappa shape index (κ2) is 11.0. The summed E-state index contributed by atoms with van der Waals surface area (Å²) in [6, 6.07) is 0. The van der Waals surface area contributed by atoms with E-state index in [2.05, 4.69) is 20.5 Å². The Balaban J connectivity index is 0.00000264. The monoisotopic (exact) mass is 440 g/mol. The van der Waals surface area contributed by atoms with Crippen LogP contribution in [0, 0.1) is 0 Å². The second-order valence-electron chi connectivity index (χ2n) is 5.53. The number of carbonyl (C=O) groups is 1. The highest BCUT2D eigenvalue weighted by Gasteiger charge is 2.32. The van der Waals surface area contributed by atoms with E-state index in [1.807, 2.05) is 13.8 Å². The van der Waals surface area contributed by atoms with Crippen molar-refractivity contribution in [3.8, 4) is 0 Å². The van der Waals surface area contributed by atoms with E-state index >= 15 is 0 Å². The summed E-state index contributed by atoms with van der Waals surface area (Å²) in [6.45, 7) is 8.51. The number of likely N-dealkylation sites (N-methyl/N-ethyl adjacent to an activating group) is 1. The molecule has 23 heavy (non-hydrogen) atoms. The van der Waals surface area contributed by atoms with Crippen molar-refractivity contribution in [1.82, 2.24) is 15.5 Å². The summed E-state index contributed by atoms with van der Waals surface area (Å²) < 4.78 is 11.6. The largest absolute Gasteiger partial charge is 0.375 e. The fourth-order valence-corrected chi connectivity index (χ4v) is 2.81. The molecule has 1 amide bonds. The van der Waals surface area contributed by atoms with E-state index in [-0.39, 0.29) is 48.6 Å². The molecule has 2 rings (SSSR count). The molecular formula is C15H29IN4O3. The van der Waals surface area contributed by atoms with Crippen molar-refractivity contribution in [2.45, 2.75) is 38.9 Å². The van der Waals surface area contributed by atoms with Crippen LogP contribution in [0.4, 0.5) is 0 Å². The molecule has 0 aromatic carbocycles. The van der Waals surface area contributed by atoms with Crippen molar-refractivity contribution in [2.75, 3.05) is 45.9 Å². The molecule has 7 nitrogen and oxygen atoms in total. The van der Waals surface area contributed by atoms with Crippen LogP contribution in [0.25, 0.3) is 0 Å². The van der Waals surface area contributed by atoms with Crippen LogP contribution in [-0.4, -0.2) is 74.9 Å². The van der Waals surface area contributed by atoms with Crippen LogP contribution in [0.3, 0.4) is 0 Å². The third-order valence-corrected chi connectivity index (χ3v) is 3.85. The Labute approximate surface area is 155 Å². The molecule has 0 aromatic rings. The second-order valence-corrected chi connectivity index (χ2v) is 5.53. The van der Waals surface area contributed by atoms with Gasteiger partial charge in [0.15, 0.2) is 5.96 Å². The van der Waals surface area contributed by atoms with Gasteiger partial charge in [0.05, 0.1) is 12.7 Å². The first-order chi connectivity index (χ1) is 10.7. The number of nitrogens with one attached hydrogen (secondary N) is 2. The van der Waals surface area contributed by atoms with E-state index in [4.69, 9.17) is 9.47 Å². The zero-order valence-corrected chi connectivity index (χ0v) is 16.4. The Morgan fingerprint density at radius 3 is 2.57 bits per heavy atom. The average Bonchev–Trinajstić information content (AvgIpc) is 3.06. The van der Waals surface area contributed by atoms with E-state index in [1.54, 1.807) is 0 Å². The third kappa shape index (κ3) is 6.42. The number of hydrogen-bond acceptors (Lipinski definition) is 4. The maximum Gasteiger partial charge on any atom is 0.241 e. The molecule has 134 valence electrons. The Morgan fingerprint density at radius 2 is 1.91 bits per heavy atom. The van der Waals surface area contributed by atoms with Crippen molar-refractivity contribution in [1.29, 1.82) is 0 Å². The van der Waals surface area contributed by atoms with Gasteiger partial charge in [-0.2, -0.15) is 0 Å². The van der Waals surface area contributed by atoms with Gasteiger partial charge in [-0.25, -0.2) is 4.99 Å². The predicted octanol–water partition coefficient (Wildman–Crippen LogP) is 0.586. The minimum Gasteiger partial charge on any atom is -0.375 e. The first-order valence-corrected chi connectivity index (χ1v) is 8.27. The first-order valence-electron chi connectivity index (χ1n) is 8.27. The molecule has 0 spiro atoms. The molecule has 2 aliphatic heterocycles. The Kier molecular flexibility index (Phi) is 9.80.